The highest BCUT2D eigenvalue weighted by Crippen LogP contribution is 2.33. The van der Waals surface area contributed by atoms with E-state index < -0.39 is 0 Å². The molecule has 2 heterocycles. The lowest BCUT2D eigenvalue weighted by molar-refractivity contribution is 0.357. The minimum absolute atomic E-state index is 0.100. The minimum atomic E-state index is -0.100. The zero-order valence-corrected chi connectivity index (χ0v) is 19.3. The molecule has 7 nitrogen and oxygen atoms in total. The Labute approximate surface area is 184 Å². The average molecular weight is 424 g/mol. The van der Waals surface area contributed by atoms with E-state index in [9.17, 15) is 0 Å². The Morgan fingerprint density at radius 3 is 2.39 bits per heavy atom. The monoisotopic (exact) mass is 423 g/mol. The third-order valence-electron chi connectivity index (χ3n) is 4.58. The molecule has 0 aliphatic heterocycles. The summed E-state index contributed by atoms with van der Waals surface area (Å²) in [6.45, 7) is 10.3. The normalized spacial score (nSPS) is 10.8. The van der Waals surface area contributed by atoms with Crippen molar-refractivity contribution in [2.75, 3.05) is 19.4 Å². The number of nitroso groups, excluding NO2 is 1. The highest BCUT2D eigenvalue weighted by atomic mass is 16.3. The molecule has 0 aliphatic rings. The molecule has 3 N–H and O–H groups in total. The summed E-state index contributed by atoms with van der Waals surface area (Å²) in [5.41, 5.74) is 11.1. The van der Waals surface area contributed by atoms with Crippen LogP contribution in [0.4, 0.5) is 11.5 Å². The number of hydrogen-bond acceptors (Lipinski definition) is 7. The molecule has 0 saturated carbocycles. The molecule has 0 spiro atoms. The third-order valence-corrected chi connectivity index (χ3v) is 4.58. The molecular weight excluding hydrogens is 390 g/mol. The van der Waals surface area contributed by atoms with Gasteiger partial charge >= 0.3 is 0 Å². The first-order valence-electron chi connectivity index (χ1n) is 10.3. The van der Waals surface area contributed by atoms with E-state index in [1.54, 1.807) is 13.1 Å². The number of fused-ring (bicyclic) bond motifs is 1. The summed E-state index contributed by atoms with van der Waals surface area (Å²) in [6, 6.07) is 9.97. The smallest absolute Gasteiger partial charge is 0.150 e. The van der Waals surface area contributed by atoms with Crippen molar-refractivity contribution in [3.63, 3.8) is 0 Å². The summed E-state index contributed by atoms with van der Waals surface area (Å²) >= 11 is 0. The molecule has 0 fully saturated rings. The van der Waals surface area contributed by atoms with Gasteiger partial charge in [0.25, 0.3) is 0 Å². The molecule has 2 aromatic heterocycles. The second-order valence-electron chi connectivity index (χ2n) is 7.43. The second kappa shape index (κ2) is 13.2. The second-order valence-corrected chi connectivity index (χ2v) is 7.43. The van der Waals surface area contributed by atoms with Gasteiger partial charge in [0.2, 0.25) is 0 Å². The van der Waals surface area contributed by atoms with Crippen LogP contribution < -0.4 is 5.73 Å². The Bertz CT molecular complexity index is 1000. The van der Waals surface area contributed by atoms with E-state index in [-0.39, 0.29) is 6.61 Å². The number of anilines is 1. The van der Waals surface area contributed by atoms with E-state index in [1.165, 1.54) is 13.5 Å². The van der Waals surface area contributed by atoms with Gasteiger partial charge in [-0.3, -0.25) is 9.98 Å². The van der Waals surface area contributed by atoms with Gasteiger partial charge < -0.3 is 10.8 Å². The van der Waals surface area contributed by atoms with Crippen molar-refractivity contribution in [3.05, 3.63) is 53.2 Å². The number of nitrogens with two attached hydrogens (primary N) is 1. The van der Waals surface area contributed by atoms with E-state index in [4.69, 9.17) is 15.7 Å². The lowest BCUT2D eigenvalue weighted by Crippen LogP contribution is -2.00. The number of aromatic nitrogens is 2. The Balaban J connectivity index is 0.000000519. The molecule has 7 heteroatoms. The van der Waals surface area contributed by atoms with Gasteiger partial charge in [-0.1, -0.05) is 50.6 Å². The van der Waals surface area contributed by atoms with Crippen LogP contribution in [-0.2, 0) is 0 Å². The zero-order chi connectivity index (χ0) is 23.4. The molecular formula is C24H33N5O2. The summed E-state index contributed by atoms with van der Waals surface area (Å²) < 4.78 is 0. The van der Waals surface area contributed by atoms with Gasteiger partial charge in [0, 0.05) is 29.1 Å². The van der Waals surface area contributed by atoms with Gasteiger partial charge in [0.15, 0.2) is 0 Å². The van der Waals surface area contributed by atoms with Crippen LogP contribution >= 0.6 is 0 Å². The standard InChI is InChI=1S/C18H18N4O.C5H12.CH3NO/c1-11(10-23)21-17-12(2)15-6-5-13(8-16(15)22-18(17)19)14-4-3-7-20-9-14;1-4-5(2)3;1-2-3/h3-9,23H,10H2,1-2H3,(H2,19,22);5H,4H2,1-3H3;1H3. The quantitative estimate of drug-likeness (QED) is 0.412. The molecule has 3 rings (SSSR count). The molecule has 0 bridgehead atoms. The number of aliphatic imine (C=N–C) groups is 1. The highest BCUT2D eigenvalue weighted by Gasteiger charge is 2.11. The van der Waals surface area contributed by atoms with Crippen LogP contribution in [0.1, 0.15) is 39.7 Å². The summed E-state index contributed by atoms with van der Waals surface area (Å²) in [5.74, 6) is 1.25. The van der Waals surface area contributed by atoms with Crippen LogP contribution in [0, 0.1) is 17.7 Å². The van der Waals surface area contributed by atoms with Crippen LogP contribution in [0.15, 0.2) is 52.9 Å². The number of benzene rings is 1. The topological polar surface area (TPSA) is 114 Å². The zero-order valence-electron chi connectivity index (χ0n) is 19.3. The molecule has 0 radical (unpaired) electrons. The summed E-state index contributed by atoms with van der Waals surface area (Å²) in [5, 5.41) is 12.4. The minimum Gasteiger partial charge on any atom is -0.390 e. The van der Waals surface area contributed by atoms with E-state index in [0.717, 1.165) is 33.5 Å². The Morgan fingerprint density at radius 1 is 1.23 bits per heavy atom. The fourth-order valence-corrected chi connectivity index (χ4v) is 2.52. The van der Waals surface area contributed by atoms with Gasteiger partial charge in [-0.05, 0) is 43.0 Å². The van der Waals surface area contributed by atoms with Gasteiger partial charge in [-0.2, -0.15) is 4.91 Å². The number of aryl methyl sites for hydroxylation is 1. The van der Waals surface area contributed by atoms with Gasteiger partial charge in [0.05, 0.1) is 19.2 Å². The molecule has 31 heavy (non-hydrogen) atoms. The predicted octanol–water partition coefficient (Wildman–Crippen LogP) is 5.71. The number of hydrogen-bond donors (Lipinski definition) is 2. The van der Waals surface area contributed by atoms with Gasteiger partial charge in [0.1, 0.15) is 11.5 Å². The van der Waals surface area contributed by atoms with Crippen molar-refractivity contribution in [2.45, 2.75) is 41.0 Å². The molecule has 3 aromatic rings. The van der Waals surface area contributed by atoms with Crippen molar-refractivity contribution in [2.24, 2.45) is 16.1 Å². The van der Waals surface area contributed by atoms with Crippen LogP contribution in [0.3, 0.4) is 0 Å². The number of pyridine rings is 2. The SMILES string of the molecule is CC(CO)=Nc1c(N)nc2cc(-c3cccnc3)ccc2c1C.CCC(C)C.CN=O. The van der Waals surface area contributed by atoms with E-state index in [0.29, 0.717) is 17.2 Å². The number of aliphatic hydroxyl groups is 1. The molecule has 166 valence electrons. The molecule has 0 atom stereocenters. The van der Waals surface area contributed by atoms with Crippen molar-refractivity contribution >= 4 is 28.1 Å². The van der Waals surface area contributed by atoms with Gasteiger partial charge in [-0.15, -0.1) is 0 Å². The fourth-order valence-electron chi connectivity index (χ4n) is 2.52. The van der Waals surface area contributed by atoms with Crippen LogP contribution in [0.2, 0.25) is 0 Å². The predicted molar refractivity (Wildman–Crippen MR) is 131 cm³/mol. The molecule has 1 aromatic carbocycles. The van der Waals surface area contributed by atoms with Crippen molar-refractivity contribution in [1.29, 1.82) is 0 Å². The summed E-state index contributed by atoms with van der Waals surface area (Å²) in [7, 11) is 1.19. The Morgan fingerprint density at radius 2 is 1.87 bits per heavy atom. The highest BCUT2D eigenvalue weighted by molar-refractivity contribution is 5.95. The van der Waals surface area contributed by atoms with Gasteiger partial charge in [-0.25, -0.2) is 4.98 Å². The maximum Gasteiger partial charge on any atom is 0.150 e. The molecule has 0 amide bonds. The maximum atomic E-state index is 9.16. The number of rotatable bonds is 4. The van der Waals surface area contributed by atoms with E-state index in [1.807, 2.05) is 43.5 Å². The molecule has 0 aliphatic carbocycles. The van der Waals surface area contributed by atoms with Crippen LogP contribution in [0.25, 0.3) is 22.0 Å². The largest absolute Gasteiger partial charge is 0.390 e. The van der Waals surface area contributed by atoms with Crippen LogP contribution in [-0.4, -0.2) is 34.4 Å². The van der Waals surface area contributed by atoms with E-state index >= 15 is 0 Å². The molecule has 0 saturated heterocycles. The van der Waals surface area contributed by atoms with Crippen molar-refractivity contribution < 1.29 is 5.11 Å². The lowest BCUT2D eigenvalue weighted by Gasteiger charge is -2.10. The Hall–Kier alpha value is -3.19. The fraction of sp³-hybridized carbons (Fsp3) is 0.375. The molecule has 0 unspecified atom stereocenters. The summed E-state index contributed by atoms with van der Waals surface area (Å²) in [4.78, 5) is 21.6. The number of nitrogens with zero attached hydrogens (tertiary/aromatic N) is 4. The van der Waals surface area contributed by atoms with Crippen molar-refractivity contribution in [3.8, 4) is 11.1 Å². The number of aliphatic hydroxyl groups excluding tert-OH is 1. The first kappa shape index (κ1) is 25.8. The summed E-state index contributed by atoms with van der Waals surface area (Å²) in [6.07, 6.45) is 4.87. The lowest BCUT2D eigenvalue weighted by atomic mass is 10.0. The Kier molecular flexibility index (Phi) is 11.0. The first-order chi connectivity index (χ1) is 14.8. The maximum absolute atomic E-state index is 9.16. The number of nitrogen functional groups attached to an aromatic ring is 1. The van der Waals surface area contributed by atoms with Crippen LogP contribution in [0.5, 0.6) is 0 Å². The first-order valence-corrected chi connectivity index (χ1v) is 10.3. The van der Waals surface area contributed by atoms with Crippen molar-refractivity contribution in [1.82, 2.24) is 9.97 Å². The average Bonchev–Trinajstić information content (AvgIpc) is 2.77. The third kappa shape index (κ3) is 7.86. The van der Waals surface area contributed by atoms with E-state index in [2.05, 4.69) is 40.9 Å².